The highest BCUT2D eigenvalue weighted by molar-refractivity contribution is 6.35. The van der Waals surface area contributed by atoms with E-state index in [-0.39, 0.29) is 17.7 Å². The maximum atomic E-state index is 13.2. The Bertz CT molecular complexity index is 1040. The largest absolute Gasteiger partial charge is 0.338 e. The first-order valence-electron chi connectivity index (χ1n) is 10.9. The molecule has 0 radical (unpaired) electrons. The van der Waals surface area contributed by atoms with E-state index in [1.54, 1.807) is 24.3 Å². The van der Waals surface area contributed by atoms with Crippen LogP contribution in [0.1, 0.15) is 68.7 Å². The molecule has 0 unspecified atom stereocenters. The van der Waals surface area contributed by atoms with Crippen LogP contribution in [0.4, 0.5) is 5.69 Å². The van der Waals surface area contributed by atoms with Crippen molar-refractivity contribution in [2.24, 2.45) is 11.8 Å². The van der Waals surface area contributed by atoms with Gasteiger partial charge in [0.1, 0.15) is 0 Å². The third-order valence-electron chi connectivity index (χ3n) is 7.07. The molecule has 0 spiro atoms. The lowest BCUT2D eigenvalue weighted by Crippen LogP contribution is -2.44. The number of para-hydroxylation sites is 1. The first-order chi connectivity index (χ1) is 14.5. The van der Waals surface area contributed by atoms with Gasteiger partial charge in [0.25, 0.3) is 17.7 Å². The Morgan fingerprint density at radius 3 is 2.43 bits per heavy atom. The number of nitrogens with zero attached hydrogens (tertiary/aromatic N) is 2. The van der Waals surface area contributed by atoms with E-state index in [1.165, 1.54) is 30.6 Å². The molecule has 0 aromatic heterocycles. The molecule has 1 saturated carbocycles. The molecule has 5 heteroatoms. The zero-order valence-corrected chi connectivity index (χ0v) is 17.3. The molecule has 30 heavy (non-hydrogen) atoms. The van der Waals surface area contributed by atoms with Gasteiger partial charge in [0.2, 0.25) is 0 Å². The highest BCUT2D eigenvalue weighted by Crippen LogP contribution is 2.37. The Morgan fingerprint density at radius 2 is 1.63 bits per heavy atom. The van der Waals surface area contributed by atoms with Crippen molar-refractivity contribution < 1.29 is 14.4 Å². The van der Waals surface area contributed by atoms with Crippen molar-refractivity contribution in [2.75, 3.05) is 18.0 Å². The minimum Gasteiger partial charge on any atom is -0.338 e. The number of imide groups is 1. The minimum atomic E-state index is -0.357. The van der Waals surface area contributed by atoms with E-state index in [4.69, 9.17) is 0 Å². The van der Waals surface area contributed by atoms with E-state index in [0.29, 0.717) is 28.3 Å². The highest BCUT2D eigenvalue weighted by atomic mass is 16.2. The minimum absolute atomic E-state index is 0.0311. The van der Waals surface area contributed by atoms with E-state index in [0.717, 1.165) is 31.0 Å². The molecule has 1 saturated heterocycles. The van der Waals surface area contributed by atoms with Crippen LogP contribution in [0.5, 0.6) is 0 Å². The number of carbonyl (C=O) groups is 3. The van der Waals surface area contributed by atoms with Crippen molar-refractivity contribution in [3.8, 4) is 0 Å². The molecule has 2 aliphatic heterocycles. The number of benzene rings is 2. The van der Waals surface area contributed by atoms with Crippen LogP contribution in [0.2, 0.25) is 0 Å². The van der Waals surface area contributed by atoms with Crippen LogP contribution in [0.3, 0.4) is 0 Å². The fourth-order valence-electron chi connectivity index (χ4n) is 5.37. The topological polar surface area (TPSA) is 57.7 Å². The average Bonchev–Trinajstić information content (AvgIpc) is 3.03. The second-order valence-electron chi connectivity index (χ2n) is 8.84. The van der Waals surface area contributed by atoms with Crippen molar-refractivity contribution in [1.82, 2.24) is 4.90 Å². The summed E-state index contributed by atoms with van der Waals surface area (Å²) in [6.07, 6.45) is 6.13. The highest BCUT2D eigenvalue weighted by Gasteiger charge is 2.38. The molecular weight excluding hydrogens is 376 g/mol. The molecule has 0 N–H and O–H groups in total. The van der Waals surface area contributed by atoms with Crippen molar-refractivity contribution in [2.45, 2.75) is 39.0 Å². The first kappa shape index (κ1) is 19.0. The maximum absolute atomic E-state index is 13.2. The van der Waals surface area contributed by atoms with Crippen LogP contribution >= 0.6 is 0 Å². The van der Waals surface area contributed by atoms with Gasteiger partial charge in [-0.1, -0.05) is 37.5 Å². The van der Waals surface area contributed by atoms with Gasteiger partial charge in [-0.2, -0.15) is 0 Å². The number of aryl methyl sites for hydroxylation is 1. The summed E-state index contributed by atoms with van der Waals surface area (Å²) in [5.74, 6) is 0.642. The van der Waals surface area contributed by atoms with Gasteiger partial charge < -0.3 is 4.90 Å². The molecule has 154 valence electrons. The summed E-state index contributed by atoms with van der Waals surface area (Å²) in [4.78, 5) is 42.3. The molecule has 2 fully saturated rings. The maximum Gasteiger partial charge on any atom is 0.266 e. The van der Waals surface area contributed by atoms with Crippen LogP contribution in [0.25, 0.3) is 0 Å². The molecule has 1 aliphatic carbocycles. The predicted molar refractivity (Wildman–Crippen MR) is 115 cm³/mol. The molecule has 5 nitrogen and oxygen atoms in total. The number of hydrogen-bond donors (Lipinski definition) is 0. The number of carbonyl (C=O) groups excluding carboxylic acids is 3. The van der Waals surface area contributed by atoms with Gasteiger partial charge in [-0.05, 0) is 61.4 Å². The number of rotatable bonds is 2. The summed E-state index contributed by atoms with van der Waals surface area (Å²) in [6, 6.07) is 12.3. The zero-order chi connectivity index (χ0) is 20.8. The molecule has 0 bridgehead atoms. The number of likely N-dealkylation sites (tertiary alicyclic amines) is 1. The summed E-state index contributed by atoms with van der Waals surface area (Å²) in [5.41, 5.74) is 2.64. The number of hydrogen-bond acceptors (Lipinski definition) is 3. The molecule has 2 aromatic rings. The summed E-state index contributed by atoms with van der Waals surface area (Å²) in [7, 11) is 0. The van der Waals surface area contributed by atoms with Gasteiger partial charge in [0.15, 0.2) is 0 Å². The van der Waals surface area contributed by atoms with Gasteiger partial charge >= 0.3 is 0 Å². The Balaban J connectivity index is 1.41. The number of amides is 3. The summed E-state index contributed by atoms with van der Waals surface area (Å²) in [5, 5.41) is 0. The lowest BCUT2D eigenvalue weighted by atomic mass is 9.75. The van der Waals surface area contributed by atoms with Crippen molar-refractivity contribution in [1.29, 1.82) is 0 Å². The van der Waals surface area contributed by atoms with E-state index in [9.17, 15) is 14.4 Å². The lowest BCUT2D eigenvalue weighted by molar-refractivity contribution is 0.0520. The Morgan fingerprint density at radius 1 is 0.900 bits per heavy atom. The van der Waals surface area contributed by atoms with E-state index >= 15 is 0 Å². The molecular formula is C25H26N2O3. The molecule has 3 amide bonds. The van der Waals surface area contributed by atoms with E-state index < -0.39 is 0 Å². The van der Waals surface area contributed by atoms with Gasteiger partial charge in [-0.3, -0.25) is 14.4 Å². The first-order valence-corrected chi connectivity index (χ1v) is 10.9. The fraction of sp³-hybridized carbons (Fsp3) is 0.400. The van der Waals surface area contributed by atoms with E-state index in [1.807, 2.05) is 30.0 Å². The van der Waals surface area contributed by atoms with Crippen LogP contribution in [0.15, 0.2) is 42.5 Å². The van der Waals surface area contributed by atoms with E-state index in [2.05, 4.69) is 0 Å². The SMILES string of the molecule is Cc1ccccc1N1C(=O)c2ccc(C(=O)N3CC[C@@H]4CCCC[C@H]4C3)cc2C1=O. The Labute approximate surface area is 176 Å². The van der Waals surface area contributed by atoms with Crippen molar-refractivity contribution in [3.63, 3.8) is 0 Å². The summed E-state index contributed by atoms with van der Waals surface area (Å²) >= 11 is 0. The second-order valence-corrected chi connectivity index (χ2v) is 8.84. The standard InChI is InChI=1S/C25H26N2O3/c1-16-6-2-5-9-22(16)27-24(29)20-11-10-18(14-21(20)25(27)30)23(28)26-13-12-17-7-3-4-8-19(17)15-26/h2,5-6,9-11,14,17,19H,3-4,7-8,12-13,15H2,1H3/t17-,19-/m0/s1. The van der Waals surface area contributed by atoms with Crippen LogP contribution in [-0.2, 0) is 0 Å². The Kier molecular flexibility index (Phi) is 4.69. The summed E-state index contributed by atoms with van der Waals surface area (Å²) < 4.78 is 0. The monoisotopic (exact) mass is 402 g/mol. The van der Waals surface area contributed by atoms with Crippen LogP contribution in [0, 0.1) is 18.8 Å². The van der Waals surface area contributed by atoms with Crippen LogP contribution in [-0.4, -0.2) is 35.7 Å². The van der Waals surface area contributed by atoms with Crippen molar-refractivity contribution >= 4 is 23.4 Å². The van der Waals surface area contributed by atoms with Gasteiger partial charge in [0.05, 0.1) is 16.8 Å². The van der Waals surface area contributed by atoms with Crippen LogP contribution < -0.4 is 4.90 Å². The molecule has 2 aromatic carbocycles. The van der Waals surface area contributed by atoms with Gasteiger partial charge in [0, 0.05) is 18.7 Å². The predicted octanol–water partition coefficient (Wildman–Crippen LogP) is 4.45. The second kappa shape index (κ2) is 7.38. The molecule has 2 heterocycles. The number of anilines is 1. The number of fused-ring (bicyclic) bond motifs is 2. The third-order valence-corrected chi connectivity index (χ3v) is 7.07. The lowest BCUT2D eigenvalue weighted by Gasteiger charge is -2.41. The fourth-order valence-corrected chi connectivity index (χ4v) is 5.37. The van der Waals surface area contributed by atoms with Gasteiger partial charge in [-0.15, -0.1) is 0 Å². The molecule has 2 atom stereocenters. The number of piperidine rings is 1. The molecule has 5 rings (SSSR count). The van der Waals surface area contributed by atoms with Gasteiger partial charge in [-0.25, -0.2) is 4.90 Å². The quantitative estimate of drug-likeness (QED) is 0.698. The summed E-state index contributed by atoms with van der Waals surface area (Å²) in [6.45, 7) is 3.46. The van der Waals surface area contributed by atoms with Crippen molar-refractivity contribution in [3.05, 3.63) is 64.7 Å². The zero-order valence-electron chi connectivity index (χ0n) is 17.3. The average molecular weight is 402 g/mol. The third kappa shape index (κ3) is 3.04. The molecule has 3 aliphatic rings. The smallest absolute Gasteiger partial charge is 0.266 e. The normalized spacial score (nSPS) is 23.4. The Hall–Kier alpha value is -2.95.